The summed E-state index contributed by atoms with van der Waals surface area (Å²) in [5, 5.41) is 2.73. The first-order chi connectivity index (χ1) is 8.29. The fraction of sp³-hybridized carbons (Fsp3) is 0.0769. The van der Waals surface area contributed by atoms with Crippen molar-refractivity contribution in [3.05, 3.63) is 55.0 Å². The summed E-state index contributed by atoms with van der Waals surface area (Å²) >= 11 is 0. The highest BCUT2D eigenvalue weighted by molar-refractivity contribution is 5.86. The van der Waals surface area contributed by atoms with E-state index in [9.17, 15) is 4.79 Å². The fourth-order valence-electron chi connectivity index (χ4n) is 1.48. The number of nitrogens with one attached hydrogen (secondary N) is 2. The lowest BCUT2D eigenvalue weighted by atomic mass is 10.1. The lowest BCUT2D eigenvalue weighted by molar-refractivity contribution is -0.116. The van der Waals surface area contributed by atoms with Crippen LogP contribution in [0.3, 0.4) is 0 Å². The van der Waals surface area contributed by atoms with E-state index in [1.54, 1.807) is 12.5 Å². The van der Waals surface area contributed by atoms with Crippen LogP contribution in [0.5, 0.6) is 0 Å². The highest BCUT2D eigenvalue weighted by Crippen LogP contribution is 2.16. The number of hydrogen-bond donors (Lipinski definition) is 2. The van der Waals surface area contributed by atoms with Gasteiger partial charge in [-0.1, -0.05) is 30.8 Å². The summed E-state index contributed by atoms with van der Waals surface area (Å²) in [7, 11) is 0. The van der Waals surface area contributed by atoms with Crippen LogP contribution in [0.15, 0.2) is 49.4 Å². The monoisotopic (exact) mass is 227 g/mol. The van der Waals surface area contributed by atoms with Crippen molar-refractivity contribution >= 4 is 5.91 Å². The van der Waals surface area contributed by atoms with Crippen molar-refractivity contribution in [3.8, 4) is 11.3 Å². The molecule has 17 heavy (non-hydrogen) atoms. The number of nitrogens with zero attached hydrogens (tertiary/aromatic N) is 1. The van der Waals surface area contributed by atoms with Crippen LogP contribution in [-0.4, -0.2) is 15.9 Å². The molecular formula is C13H13N3O. The van der Waals surface area contributed by atoms with Crippen molar-refractivity contribution in [2.75, 3.05) is 0 Å². The molecule has 2 N–H and O–H groups in total. The van der Waals surface area contributed by atoms with Gasteiger partial charge in [0.25, 0.3) is 0 Å². The zero-order valence-corrected chi connectivity index (χ0v) is 9.31. The summed E-state index contributed by atoms with van der Waals surface area (Å²) in [6.07, 6.45) is 4.68. The number of rotatable bonds is 4. The average molecular weight is 227 g/mol. The van der Waals surface area contributed by atoms with Crippen molar-refractivity contribution in [1.29, 1.82) is 0 Å². The minimum absolute atomic E-state index is 0.164. The summed E-state index contributed by atoms with van der Waals surface area (Å²) in [4.78, 5) is 18.0. The molecule has 1 amide bonds. The lowest BCUT2D eigenvalue weighted by Gasteiger charge is -2.03. The highest BCUT2D eigenvalue weighted by Gasteiger charge is 1.99. The van der Waals surface area contributed by atoms with Crippen molar-refractivity contribution < 1.29 is 4.79 Å². The summed E-state index contributed by atoms with van der Waals surface area (Å²) in [5.74, 6) is -0.164. The predicted molar refractivity (Wildman–Crippen MR) is 66.1 cm³/mol. The largest absolute Gasteiger partial charge is 0.348 e. The molecule has 0 aliphatic rings. The smallest absolute Gasteiger partial charge is 0.243 e. The standard InChI is InChI=1S/C13H13N3O/c1-2-13(17)15-7-10-3-5-11(6-4-10)12-8-14-9-16-12/h2-6,8-9H,1,7H2,(H,14,16)(H,15,17). The minimum atomic E-state index is -0.164. The molecule has 2 aromatic rings. The van der Waals surface area contributed by atoms with Gasteiger partial charge in [-0.2, -0.15) is 0 Å². The molecule has 0 fully saturated rings. The van der Waals surface area contributed by atoms with Crippen LogP contribution in [-0.2, 0) is 11.3 Å². The van der Waals surface area contributed by atoms with Crippen LogP contribution < -0.4 is 5.32 Å². The SMILES string of the molecule is C=CC(=O)NCc1ccc(-c2cnc[nH]2)cc1. The summed E-state index contributed by atoms with van der Waals surface area (Å²) in [5.41, 5.74) is 3.09. The molecule has 1 aromatic carbocycles. The van der Waals surface area contributed by atoms with Gasteiger partial charge >= 0.3 is 0 Å². The van der Waals surface area contributed by atoms with E-state index in [1.165, 1.54) is 6.08 Å². The Morgan fingerprint density at radius 3 is 2.76 bits per heavy atom. The molecule has 2 rings (SSSR count). The molecular weight excluding hydrogens is 214 g/mol. The van der Waals surface area contributed by atoms with Crippen molar-refractivity contribution in [3.63, 3.8) is 0 Å². The van der Waals surface area contributed by atoms with Crippen molar-refractivity contribution in [2.24, 2.45) is 0 Å². The summed E-state index contributed by atoms with van der Waals surface area (Å²) < 4.78 is 0. The third-order valence-corrected chi connectivity index (χ3v) is 2.42. The molecule has 0 radical (unpaired) electrons. The number of aromatic amines is 1. The van der Waals surface area contributed by atoms with Gasteiger partial charge in [-0.25, -0.2) is 4.98 Å². The molecule has 0 aliphatic carbocycles. The minimum Gasteiger partial charge on any atom is -0.348 e. The van der Waals surface area contributed by atoms with Crippen LogP contribution >= 0.6 is 0 Å². The van der Waals surface area contributed by atoms with E-state index >= 15 is 0 Å². The summed E-state index contributed by atoms with van der Waals surface area (Å²) in [6, 6.07) is 7.92. The Balaban J connectivity index is 2.03. The molecule has 0 bridgehead atoms. The third kappa shape index (κ3) is 2.81. The Hall–Kier alpha value is -2.36. The first-order valence-electron chi connectivity index (χ1n) is 5.27. The number of aromatic nitrogens is 2. The molecule has 0 atom stereocenters. The molecule has 0 saturated carbocycles. The first-order valence-corrected chi connectivity index (χ1v) is 5.27. The number of benzene rings is 1. The average Bonchev–Trinajstić information content (AvgIpc) is 2.90. The maximum atomic E-state index is 11.0. The van der Waals surface area contributed by atoms with Crippen LogP contribution in [0.25, 0.3) is 11.3 Å². The van der Waals surface area contributed by atoms with Gasteiger partial charge in [0.15, 0.2) is 0 Å². The molecule has 0 spiro atoms. The van der Waals surface area contributed by atoms with E-state index in [-0.39, 0.29) is 5.91 Å². The van der Waals surface area contributed by atoms with Gasteiger partial charge < -0.3 is 10.3 Å². The van der Waals surface area contributed by atoms with E-state index in [0.29, 0.717) is 6.54 Å². The van der Waals surface area contributed by atoms with E-state index in [0.717, 1.165) is 16.8 Å². The molecule has 86 valence electrons. The van der Waals surface area contributed by atoms with Crippen LogP contribution in [0.1, 0.15) is 5.56 Å². The van der Waals surface area contributed by atoms with Gasteiger partial charge in [0.05, 0.1) is 18.2 Å². The van der Waals surface area contributed by atoms with Gasteiger partial charge in [0.1, 0.15) is 0 Å². The number of amides is 1. The third-order valence-electron chi connectivity index (χ3n) is 2.42. The molecule has 4 nitrogen and oxygen atoms in total. The number of carbonyl (C=O) groups excluding carboxylic acids is 1. The maximum absolute atomic E-state index is 11.0. The first kappa shape index (κ1) is 11.1. The van der Waals surface area contributed by atoms with Crippen LogP contribution in [0.4, 0.5) is 0 Å². The number of H-pyrrole nitrogens is 1. The van der Waals surface area contributed by atoms with E-state index in [1.807, 2.05) is 24.3 Å². The van der Waals surface area contributed by atoms with Crippen molar-refractivity contribution in [2.45, 2.75) is 6.54 Å². The zero-order valence-electron chi connectivity index (χ0n) is 9.31. The second-order valence-corrected chi connectivity index (χ2v) is 3.58. The van der Waals surface area contributed by atoms with Gasteiger partial charge in [-0.15, -0.1) is 0 Å². The Morgan fingerprint density at radius 1 is 1.41 bits per heavy atom. The van der Waals surface area contributed by atoms with Crippen molar-refractivity contribution in [1.82, 2.24) is 15.3 Å². The molecule has 0 aliphatic heterocycles. The Morgan fingerprint density at radius 2 is 2.18 bits per heavy atom. The lowest BCUT2D eigenvalue weighted by Crippen LogP contribution is -2.19. The van der Waals surface area contributed by atoms with Crippen LogP contribution in [0.2, 0.25) is 0 Å². The maximum Gasteiger partial charge on any atom is 0.243 e. The van der Waals surface area contributed by atoms with E-state index in [4.69, 9.17) is 0 Å². The number of imidazole rings is 1. The molecule has 0 saturated heterocycles. The number of carbonyl (C=O) groups is 1. The quantitative estimate of drug-likeness (QED) is 0.783. The predicted octanol–water partition coefficient (Wildman–Crippen LogP) is 1.88. The zero-order chi connectivity index (χ0) is 12.1. The Bertz CT molecular complexity index is 500. The topological polar surface area (TPSA) is 57.8 Å². The van der Waals surface area contributed by atoms with E-state index in [2.05, 4.69) is 21.9 Å². The van der Waals surface area contributed by atoms with Gasteiger partial charge in [0.2, 0.25) is 5.91 Å². The van der Waals surface area contributed by atoms with E-state index < -0.39 is 0 Å². The second kappa shape index (κ2) is 5.12. The highest BCUT2D eigenvalue weighted by atomic mass is 16.1. The summed E-state index contributed by atoms with van der Waals surface area (Å²) in [6.45, 7) is 3.91. The molecule has 1 aromatic heterocycles. The fourth-order valence-corrected chi connectivity index (χ4v) is 1.48. The Labute approximate surface area is 99.4 Å². The molecule has 0 unspecified atom stereocenters. The van der Waals surface area contributed by atoms with Gasteiger partial charge in [-0.05, 0) is 17.2 Å². The normalized spacial score (nSPS) is 9.88. The Kier molecular flexibility index (Phi) is 3.35. The van der Waals surface area contributed by atoms with Crippen LogP contribution in [0, 0.1) is 0 Å². The second-order valence-electron chi connectivity index (χ2n) is 3.58. The number of hydrogen-bond acceptors (Lipinski definition) is 2. The molecule has 1 heterocycles. The van der Waals surface area contributed by atoms with Gasteiger partial charge in [0, 0.05) is 6.54 Å². The molecule has 4 heteroatoms. The van der Waals surface area contributed by atoms with Gasteiger partial charge in [-0.3, -0.25) is 4.79 Å².